The highest BCUT2D eigenvalue weighted by Gasteiger charge is 2.18. The first kappa shape index (κ1) is 23.1. The molecule has 9 heteroatoms. The second kappa shape index (κ2) is 9.38. The molecule has 39 heavy (non-hydrogen) atoms. The van der Waals surface area contributed by atoms with E-state index in [4.69, 9.17) is 4.98 Å². The van der Waals surface area contributed by atoms with Gasteiger partial charge in [-0.25, -0.2) is 14.8 Å². The zero-order valence-electron chi connectivity index (χ0n) is 21.0. The molecule has 6 aromatic rings. The first-order chi connectivity index (χ1) is 19.1. The van der Waals surface area contributed by atoms with Crippen LogP contribution in [-0.2, 0) is 6.54 Å². The number of para-hydroxylation sites is 2. The molecule has 0 amide bonds. The van der Waals surface area contributed by atoms with Crippen molar-refractivity contribution in [2.75, 3.05) is 13.1 Å². The van der Waals surface area contributed by atoms with Crippen LogP contribution in [0.5, 0.6) is 0 Å². The zero-order valence-corrected chi connectivity index (χ0v) is 21.0. The number of hydrogen-bond donors (Lipinski definition) is 3. The Balaban J connectivity index is 1.13. The summed E-state index contributed by atoms with van der Waals surface area (Å²) in [7, 11) is 0. The van der Waals surface area contributed by atoms with E-state index >= 15 is 0 Å². The first-order valence-corrected chi connectivity index (χ1v) is 12.9. The summed E-state index contributed by atoms with van der Waals surface area (Å²) in [5.41, 5.74) is 7.55. The molecule has 192 valence electrons. The van der Waals surface area contributed by atoms with E-state index < -0.39 is 0 Å². The van der Waals surface area contributed by atoms with Crippen molar-refractivity contribution in [1.29, 1.82) is 0 Å². The lowest BCUT2D eigenvalue weighted by Crippen LogP contribution is -2.30. The molecule has 0 saturated carbocycles. The van der Waals surface area contributed by atoms with Gasteiger partial charge in [0.15, 0.2) is 11.2 Å². The number of aromatic nitrogens is 6. The summed E-state index contributed by atoms with van der Waals surface area (Å²) in [5, 5.41) is 5.40. The highest BCUT2D eigenvalue weighted by Crippen LogP contribution is 2.30. The topological polar surface area (TPSA) is 115 Å². The first-order valence-electron chi connectivity index (χ1n) is 12.9. The Morgan fingerprint density at radius 1 is 0.795 bits per heavy atom. The fourth-order valence-electron chi connectivity index (χ4n) is 5.27. The zero-order chi connectivity index (χ0) is 26.3. The molecular weight excluding hydrogens is 490 g/mol. The van der Waals surface area contributed by atoms with E-state index in [0.29, 0.717) is 22.6 Å². The summed E-state index contributed by atoms with van der Waals surface area (Å²) in [6.07, 6.45) is 2.94. The van der Waals surface area contributed by atoms with Gasteiger partial charge in [-0.1, -0.05) is 72.8 Å². The number of aromatic amines is 3. The van der Waals surface area contributed by atoms with Gasteiger partial charge in [0.05, 0.1) is 22.4 Å². The molecule has 0 atom stereocenters. The van der Waals surface area contributed by atoms with Crippen molar-refractivity contribution in [2.24, 2.45) is 0 Å². The van der Waals surface area contributed by atoms with E-state index in [1.54, 1.807) is 4.57 Å². The Bertz CT molecular complexity index is 1960. The van der Waals surface area contributed by atoms with Gasteiger partial charge >= 0.3 is 5.69 Å². The van der Waals surface area contributed by atoms with E-state index in [2.05, 4.69) is 55.4 Å². The van der Waals surface area contributed by atoms with Gasteiger partial charge in [0.2, 0.25) is 0 Å². The van der Waals surface area contributed by atoms with Crippen LogP contribution in [0.3, 0.4) is 0 Å². The van der Waals surface area contributed by atoms with Crippen LogP contribution in [-0.4, -0.2) is 47.7 Å². The van der Waals surface area contributed by atoms with Crippen LogP contribution in [0.2, 0.25) is 0 Å². The number of H-pyrrole nitrogens is 3. The van der Waals surface area contributed by atoms with Crippen molar-refractivity contribution in [1.82, 2.24) is 34.6 Å². The summed E-state index contributed by atoms with van der Waals surface area (Å²) in [4.78, 5) is 39.5. The third-order valence-corrected chi connectivity index (χ3v) is 7.23. The quantitative estimate of drug-likeness (QED) is 0.315. The molecule has 1 aliphatic rings. The molecular formula is C30H25N7O2. The van der Waals surface area contributed by atoms with Crippen molar-refractivity contribution < 1.29 is 0 Å². The fraction of sp³-hybridized carbons (Fsp3) is 0.133. The maximum Gasteiger partial charge on any atom is 0.330 e. The molecule has 1 aliphatic heterocycles. The molecule has 0 fully saturated rings. The smallest absolute Gasteiger partial charge is 0.305 e. The molecule has 0 unspecified atom stereocenters. The summed E-state index contributed by atoms with van der Waals surface area (Å²) in [6, 6.07) is 25.9. The third kappa shape index (κ3) is 4.18. The maximum atomic E-state index is 12.6. The Kier molecular flexibility index (Phi) is 5.56. The molecule has 0 radical (unpaired) electrons. The third-order valence-electron chi connectivity index (χ3n) is 7.23. The van der Waals surface area contributed by atoms with E-state index in [1.807, 2.05) is 54.6 Å². The maximum absolute atomic E-state index is 12.6. The Morgan fingerprint density at radius 3 is 2.33 bits per heavy atom. The number of rotatable bonds is 5. The van der Waals surface area contributed by atoms with Gasteiger partial charge in [-0.2, -0.15) is 0 Å². The predicted octanol–water partition coefficient (Wildman–Crippen LogP) is 4.37. The van der Waals surface area contributed by atoms with Crippen LogP contribution < -0.4 is 11.2 Å². The average molecular weight is 516 g/mol. The second-order valence-electron chi connectivity index (χ2n) is 9.72. The van der Waals surface area contributed by atoms with Crippen molar-refractivity contribution in [3.8, 4) is 22.5 Å². The number of imidazole rings is 1. The van der Waals surface area contributed by atoms with Crippen LogP contribution in [0, 0.1) is 0 Å². The van der Waals surface area contributed by atoms with Crippen LogP contribution >= 0.6 is 0 Å². The molecule has 3 aromatic carbocycles. The largest absolute Gasteiger partial charge is 0.330 e. The van der Waals surface area contributed by atoms with Crippen LogP contribution in [0.1, 0.15) is 12.0 Å². The summed E-state index contributed by atoms with van der Waals surface area (Å²) in [6.45, 7) is 2.43. The van der Waals surface area contributed by atoms with Crippen LogP contribution in [0.15, 0.2) is 94.5 Å². The van der Waals surface area contributed by atoms with Crippen molar-refractivity contribution >= 4 is 27.9 Å². The van der Waals surface area contributed by atoms with E-state index in [1.165, 1.54) is 5.56 Å². The molecule has 9 nitrogen and oxygen atoms in total. The number of nitrogens with one attached hydrogen (secondary N) is 3. The SMILES string of the molecule is O=c1[nH][nH]c2nc(-c3ccc(CN4CC=C(n5c(=O)[nH]c6ccccc65)CC4)cc3)c(-c3ccccc3)nc12. The minimum atomic E-state index is -0.287. The summed E-state index contributed by atoms with van der Waals surface area (Å²) in [5.74, 6) is 0. The van der Waals surface area contributed by atoms with Gasteiger partial charge in [0.1, 0.15) is 0 Å². The van der Waals surface area contributed by atoms with Gasteiger partial charge in [-0.15, -0.1) is 0 Å². The van der Waals surface area contributed by atoms with Gasteiger partial charge in [-0.05, 0) is 17.7 Å². The molecule has 3 N–H and O–H groups in total. The standard InChI is InChI=1S/C30H25N7O2/c38-29-27-28(34-35-29)33-26(25(32-27)20-6-2-1-3-7-20)21-12-10-19(11-13-21)18-36-16-14-22(15-17-36)37-24-9-5-4-8-23(24)31-30(37)39/h1-14H,15-18H2,(H,31,39)(H2,33,34,35,38). The normalized spacial score (nSPS) is 14.2. The number of fused-ring (bicyclic) bond motifs is 2. The lowest BCUT2D eigenvalue weighted by atomic mass is 10.0. The second-order valence-corrected chi connectivity index (χ2v) is 9.72. The van der Waals surface area contributed by atoms with Crippen LogP contribution in [0.4, 0.5) is 0 Å². The monoisotopic (exact) mass is 515 g/mol. The fourth-order valence-corrected chi connectivity index (χ4v) is 5.27. The highest BCUT2D eigenvalue weighted by atomic mass is 16.1. The van der Waals surface area contributed by atoms with Crippen molar-refractivity contribution in [3.63, 3.8) is 0 Å². The molecule has 0 saturated heterocycles. The number of hydrogen-bond acceptors (Lipinski definition) is 5. The number of nitrogens with zero attached hydrogens (tertiary/aromatic N) is 4. The van der Waals surface area contributed by atoms with E-state index in [-0.39, 0.29) is 11.2 Å². The Hall–Kier alpha value is -5.02. The molecule has 4 heterocycles. The average Bonchev–Trinajstić information content (AvgIpc) is 3.52. The molecule has 0 bridgehead atoms. The molecule has 7 rings (SSSR count). The minimum absolute atomic E-state index is 0.0913. The molecule has 3 aromatic heterocycles. The van der Waals surface area contributed by atoms with E-state index in [0.717, 1.165) is 53.9 Å². The van der Waals surface area contributed by atoms with Gasteiger partial charge < -0.3 is 4.98 Å². The predicted molar refractivity (Wildman–Crippen MR) is 152 cm³/mol. The van der Waals surface area contributed by atoms with Gasteiger partial charge in [0, 0.05) is 42.9 Å². The Labute approximate surface area is 222 Å². The van der Waals surface area contributed by atoms with Crippen LogP contribution in [0.25, 0.3) is 50.4 Å². The summed E-state index contributed by atoms with van der Waals surface area (Å²) >= 11 is 0. The molecule has 0 aliphatic carbocycles. The van der Waals surface area contributed by atoms with Gasteiger partial charge in [0.25, 0.3) is 5.56 Å². The lowest BCUT2D eigenvalue weighted by Gasteiger charge is -2.26. The lowest BCUT2D eigenvalue weighted by molar-refractivity contribution is 0.291. The van der Waals surface area contributed by atoms with Crippen molar-refractivity contribution in [2.45, 2.75) is 13.0 Å². The minimum Gasteiger partial charge on any atom is -0.305 e. The number of benzene rings is 3. The Morgan fingerprint density at radius 2 is 1.54 bits per heavy atom. The van der Waals surface area contributed by atoms with Gasteiger partial charge in [-0.3, -0.25) is 24.5 Å². The highest BCUT2D eigenvalue weighted by molar-refractivity contribution is 5.84. The summed E-state index contributed by atoms with van der Waals surface area (Å²) < 4.78 is 1.79. The molecule has 0 spiro atoms. The van der Waals surface area contributed by atoms with E-state index in [9.17, 15) is 9.59 Å². The van der Waals surface area contributed by atoms with Crippen molar-refractivity contribution in [3.05, 3.63) is 111 Å².